The van der Waals surface area contributed by atoms with E-state index in [4.69, 9.17) is 11.6 Å². The zero-order valence-corrected chi connectivity index (χ0v) is 13.3. The van der Waals surface area contributed by atoms with Gasteiger partial charge in [0.05, 0.1) is 27.2 Å². The second-order valence-electron chi connectivity index (χ2n) is 6.14. The average molecular weight is 345 g/mol. The predicted molar refractivity (Wildman–Crippen MR) is 90.9 cm³/mol. The zero-order valence-electron chi connectivity index (χ0n) is 12.6. The number of nitro benzene ring substituents is 1. The van der Waals surface area contributed by atoms with Crippen LogP contribution >= 0.6 is 11.6 Å². The Labute approximate surface area is 143 Å². The molecule has 0 radical (unpaired) electrons. The third kappa shape index (κ3) is 2.27. The van der Waals surface area contributed by atoms with E-state index in [1.165, 1.54) is 18.2 Å². The van der Waals surface area contributed by atoms with Crippen molar-refractivity contribution in [2.45, 2.75) is 18.4 Å². The van der Waals surface area contributed by atoms with Crippen LogP contribution in [0.5, 0.6) is 0 Å². The monoisotopic (exact) mass is 344 g/mol. The molecule has 0 unspecified atom stereocenters. The summed E-state index contributed by atoms with van der Waals surface area (Å²) < 4.78 is 13.2. The van der Waals surface area contributed by atoms with E-state index in [-0.39, 0.29) is 34.3 Å². The minimum absolute atomic E-state index is 0.0717. The Balaban J connectivity index is 1.86. The maximum Gasteiger partial charge on any atom is 0.275 e. The summed E-state index contributed by atoms with van der Waals surface area (Å²) in [4.78, 5) is 11.1. The second kappa shape index (κ2) is 5.60. The van der Waals surface area contributed by atoms with Gasteiger partial charge in [-0.3, -0.25) is 10.1 Å². The van der Waals surface area contributed by atoms with Crippen LogP contribution in [0.15, 0.2) is 48.6 Å². The SMILES string of the molecule is O=[N+]([O-])c1ccc(Cl)c2c1[C@@H]1C=CC[C@H]1[C@H](c1ccc(F)cc1)N2. The maximum atomic E-state index is 13.2. The topological polar surface area (TPSA) is 55.2 Å². The fraction of sp³-hybridized carbons (Fsp3) is 0.222. The number of halogens is 2. The largest absolute Gasteiger partial charge is 0.376 e. The lowest BCUT2D eigenvalue weighted by atomic mass is 9.76. The van der Waals surface area contributed by atoms with Crippen LogP contribution in [0.25, 0.3) is 0 Å². The van der Waals surface area contributed by atoms with Crippen molar-refractivity contribution in [2.24, 2.45) is 5.92 Å². The van der Waals surface area contributed by atoms with Crippen molar-refractivity contribution in [3.63, 3.8) is 0 Å². The molecule has 2 aromatic rings. The second-order valence-corrected chi connectivity index (χ2v) is 6.55. The first-order valence-corrected chi connectivity index (χ1v) is 8.09. The molecule has 2 aliphatic rings. The highest BCUT2D eigenvalue weighted by molar-refractivity contribution is 6.33. The molecule has 0 saturated carbocycles. The summed E-state index contributed by atoms with van der Waals surface area (Å²) in [6.07, 6.45) is 4.88. The smallest absolute Gasteiger partial charge is 0.275 e. The Morgan fingerprint density at radius 2 is 1.96 bits per heavy atom. The quantitative estimate of drug-likeness (QED) is 0.462. The summed E-state index contributed by atoms with van der Waals surface area (Å²) in [5.41, 5.74) is 2.28. The number of rotatable bonds is 2. The number of anilines is 1. The minimum Gasteiger partial charge on any atom is -0.376 e. The van der Waals surface area contributed by atoms with Gasteiger partial charge in [0.15, 0.2) is 0 Å². The summed E-state index contributed by atoms with van der Waals surface area (Å²) in [5.74, 6) is -0.222. The molecule has 0 spiro atoms. The summed E-state index contributed by atoms with van der Waals surface area (Å²) >= 11 is 6.32. The van der Waals surface area contributed by atoms with Gasteiger partial charge < -0.3 is 5.32 Å². The normalized spacial score (nSPS) is 24.2. The van der Waals surface area contributed by atoms with E-state index in [1.54, 1.807) is 18.2 Å². The molecule has 4 nitrogen and oxygen atoms in total. The average Bonchev–Trinajstić information content (AvgIpc) is 3.05. The lowest BCUT2D eigenvalue weighted by Gasteiger charge is -2.37. The van der Waals surface area contributed by atoms with E-state index < -0.39 is 0 Å². The van der Waals surface area contributed by atoms with Gasteiger partial charge in [0.1, 0.15) is 5.82 Å². The number of allylic oxidation sites excluding steroid dienone is 2. The van der Waals surface area contributed by atoms with Crippen LogP contribution in [0, 0.1) is 21.8 Å². The zero-order chi connectivity index (χ0) is 16.8. The predicted octanol–water partition coefficient (Wildman–Crippen LogP) is 5.21. The third-order valence-corrected chi connectivity index (χ3v) is 5.19. The van der Waals surface area contributed by atoms with Crippen molar-refractivity contribution in [1.82, 2.24) is 0 Å². The van der Waals surface area contributed by atoms with Crippen LogP contribution in [-0.4, -0.2) is 4.92 Å². The first kappa shape index (κ1) is 15.1. The molecule has 122 valence electrons. The maximum absolute atomic E-state index is 13.2. The highest BCUT2D eigenvalue weighted by Gasteiger charge is 2.42. The number of benzene rings is 2. The van der Waals surface area contributed by atoms with Crippen molar-refractivity contribution < 1.29 is 9.31 Å². The molecule has 0 amide bonds. The van der Waals surface area contributed by atoms with E-state index in [1.807, 2.05) is 12.2 Å². The van der Waals surface area contributed by atoms with Gasteiger partial charge in [-0.25, -0.2) is 4.39 Å². The van der Waals surface area contributed by atoms with Gasteiger partial charge >= 0.3 is 0 Å². The number of nitrogens with one attached hydrogen (secondary N) is 1. The van der Waals surface area contributed by atoms with Crippen LogP contribution in [0.1, 0.15) is 29.5 Å². The van der Waals surface area contributed by atoms with Gasteiger partial charge in [-0.1, -0.05) is 35.9 Å². The van der Waals surface area contributed by atoms with E-state index in [9.17, 15) is 14.5 Å². The van der Waals surface area contributed by atoms with Crippen LogP contribution in [0.4, 0.5) is 15.8 Å². The molecule has 1 aliphatic heterocycles. The molecule has 0 aromatic heterocycles. The standard InChI is InChI=1S/C18H14ClFN2O2/c19-14-8-9-15(22(23)24)16-12-2-1-3-13(12)17(21-18(14)16)10-4-6-11(20)7-5-10/h1-2,4-9,12-13,17,21H,3H2/t12-,13-,17+/m1/s1. The molecule has 0 bridgehead atoms. The Morgan fingerprint density at radius 3 is 2.67 bits per heavy atom. The summed E-state index contributed by atoms with van der Waals surface area (Å²) in [5, 5.41) is 15.3. The first-order chi connectivity index (χ1) is 11.6. The molecular weight excluding hydrogens is 331 g/mol. The number of fused-ring (bicyclic) bond motifs is 3. The third-order valence-electron chi connectivity index (χ3n) is 4.87. The summed E-state index contributed by atoms with van der Waals surface area (Å²) in [6, 6.07) is 9.30. The van der Waals surface area contributed by atoms with E-state index >= 15 is 0 Å². The molecule has 4 rings (SSSR count). The molecule has 3 atom stereocenters. The fourth-order valence-corrected chi connectivity index (χ4v) is 4.03. The Hall–Kier alpha value is -2.40. The molecule has 1 N–H and O–H groups in total. The van der Waals surface area contributed by atoms with E-state index in [0.29, 0.717) is 16.3 Å². The van der Waals surface area contributed by atoms with Gasteiger partial charge in [-0.2, -0.15) is 0 Å². The number of nitro groups is 1. The van der Waals surface area contributed by atoms with E-state index in [0.717, 1.165) is 12.0 Å². The van der Waals surface area contributed by atoms with Crippen molar-refractivity contribution in [3.8, 4) is 0 Å². The van der Waals surface area contributed by atoms with Gasteiger partial charge in [-0.05, 0) is 36.1 Å². The lowest BCUT2D eigenvalue weighted by Crippen LogP contribution is -2.29. The van der Waals surface area contributed by atoms with Gasteiger partial charge in [0.25, 0.3) is 5.69 Å². The van der Waals surface area contributed by atoms with Crippen molar-refractivity contribution in [1.29, 1.82) is 0 Å². The van der Waals surface area contributed by atoms with Crippen molar-refractivity contribution >= 4 is 23.0 Å². The number of nitrogens with zero attached hydrogens (tertiary/aromatic N) is 1. The van der Waals surface area contributed by atoms with Crippen LogP contribution in [-0.2, 0) is 0 Å². The molecule has 0 saturated heterocycles. The number of hydrogen-bond donors (Lipinski definition) is 1. The Bertz CT molecular complexity index is 851. The number of hydrogen-bond acceptors (Lipinski definition) is 3. The highest BCUT2D eigenvalue weighted by atomic mass is 35.5. The molecule has 0 fully saturated rings. The summed E-state index contributed by atoms with van der Waals surface area (Å²) in [7, 11) is 0. The van der Waals surface area contributed by atoms with Crippen LogP contribution < -0.4 is 5.32 Å². The minimum atomic E-state index is -0.363. The molecular formula is C18H14ClFN2O2. The Kier molecular flexibility index (Phi) is 3.53. The van der Waals surface area contributed by atoms with E-state index in [2.05, 4.69) is 5.32 Å². The molecule has 1 heterocycles. The molecule has 1 aliphatic carbocycles. The van der Waals surface area contributed by atoms with Crippen molar-refractivity contribution in [3.05, 3.63) is 80.6 Å². The lowest BCUT2D eigenvalue weighted by molar-refractivity contribution is -0.385. The van der Waals surface area contributed by atoms with Gasteiger partial charge in [-0.15, -0.1) is 0 Å². The first-order valence-electron chi connectivity index (χ1n) is 7.71. The molecule has 24 heavy (non-hydrogen) atoms. The summed E-state index contributed by atoms with van der Waals surface area (Å²) in [6.45, 7) is 0. The highest BCUT2D eigenvalue weighted by Crippen LogP contribution is 2.54. The molecule has 2 aromatic carbocycles. The van der Waals surface area contributed by atoms with Crippen LogP contribution in [0.2, 0.25) is 5.02 Å². The van der Waals surface area contributed by atoms with Gasteiger partial charge in [0.2, 0.25) is 0 Å². The fourth-order valence-electron chi connectivity index (χ4n) is 3.81. The molecule has 6 heteroatoms. The van der Waals surface area contributed by atoms with Crippen LogP contribution in [0.3, 0.4) is 0 Å². The Morgan fingerprint density at radius 1 is 1.21 bits per heavy atom. The van der Waals surface area contributed by atoms with Gasteiger partial charge in [0, 0.05) is 12.0 Å². The van der Waals surface area contributed by atoms with Crippen molar-refractivity contribution in [2.75, 3.05) is 5.32 Å².